The van der Waals surface area contributed by atoms with Crippen LogP contribution in [0.25, 0.3) is 11.2 Å². The molecule has 0 radical (unpaired) electrons. The number of nitrogens with zero attached hydrogens (tertiary/aromatic N) is 4. The van der Waals surface area contributed by atoms with E-state index in [1.165, 1.54) is 18.3 Å². The molecule has 3 rings (SSSR count). The van der Waals surface area contributed by atoms with Crippen molar-refractivity contribution in [1.29, 1.82) is 5.41 Å². The van der Waals surface area contributed by atoms with Crippen LogP contribution in [0.3, 0.4) is 0 Å². The molecule has 0 atom stereocenters. The molecule has 3 N–H and O–H groups in total. The van der Waals surface area contributed by atoms with Gasteiger partial charge in [-0.15, -0.1) is 0 Å². The maximum absolute atomic E-state index is 13.4. The first-order valence-electron chi connectivity index (χ1n) is 9.03. The van der Waals surface area contributed by atoms with Crippen molar-refractivity contribution < 1.29 is 9.60 Å². The third-order valence-electron chi connectivity index (χ3n) is 4.62. The fourth-order valence-electron chi connectivity index (χ4n) is 2.94. The zero-order valence-corrected chi connectivity index (χ0v) is 16.5. The summed E-state index contributed by atoms with van der Waals surface area (Å²) in [6.45, 7) is 7.01. The van der Waals surface area contributed by atoms with E-state index in [1.807, 2.05) is 0 Å². The number of amidine groups is 1. The lowest BCUT2D eigenvalue weighted by Crippen LogP contribution is -2.27. The van der Waals surface area contributed by atoms with Crippen LogP contribution in [0.2, 0.25) is 5.02 Å². The van der Waals surface area contributed by atoms with Crippen LogP contribution in [-0.4, -0.2) is 50.5 Å². The minimum atomic E-state index is -0.594. The molecular weight excluding hydrogens is 383 g/mol. The standard InChI is InChI=1S/C19H22ClFN6O/c1-3-26(4-2)10-8-16-24-17-13(7-9-23-19(17)25-16)18(22)27(28)12-5-6-15(21)14(20)11-12/h5-7,9,11,22,28H,3-4,8,10H2,1-2H3,(H,23,24,25). The largest absolute Gasteiger partial charge is 0.340 e. The Hall–Kier alpha value is -2.55. The van der Waals surface area contributed by atoms with Gasteiger partial charge >= 0.3 is 0 Å². The molecule has 2 heterocycles. The van der Waals surface area contributed by atoms with Gasteiger partial charge < -0.3 is 9.88 Å². The van der Waals surface area contributed by atoms with Gasteiger partial charge in [0.25, 0.3) is 0 Å². The van der Waals surface area contributed by atoms with E-state index < -0.39 is 5.82 Å². The van der Waals surface area contributed by atoms with Crippen molar-refractivity contribution in [3.8, 4) is 0 Å². The van der Waals surface area contributed by atoms with Crippen molar-refractivity contribution >= 4 is 34.3 Å². The number of H-pyrrole nitrogens is 1. The van der Waals surface area contributed by atoms with Crippen LogP contribution in [0.4, 0.5) is 10.1 Å². The Morgan fingerprint density at radius 1 is 1.29 bits per heavy atom. The smallest absolute Gasteiger partial charge is 0.178 e. The molecule has 2 aromatic heterocycles. The van der Waals surface area contributed by atoms with Gasteiger partial charge in [0.2, 0.25) is 0 Å². The van der Waals surface area contributed by atoms with Gasteiger partial charge in [0, 0.05) is 24.7 Å². The van der Waals surface area contributed by atoms with Crippen molar-refractivity contribution in [2.45, 2.75) is 20.3 Å². The van der Waals surface area contributed by atoms with E-state index in [2.05, 4.69) is 33.7 Å². The maximum Gasteiger partial charge on any atom is 0.178 e. The second-order valence-corrected chi connectivity index (χ2v) is 6.68. The van der Waals surface area contributed by atoms with Gasteiger partial charge in [-0.05, 0) is 37.4 Å². The van der Waals surface area contributed by atoms with Gasteiger partial charge in [-0.1, -0.05) is 25.4 Å². The van der Waals surface area contributed by atoms with E-state index in [0.717, 1.165) is 37.9 Å². The Labute approximate surface area is 167 Å². The van der Waals surface area contributed by atoms with Gasteiger partial charge in [-0.3, -0.25) is 10.6 Å². The van der Waals surface area contributed by atoms with Crippen LogP contribution in [0, 0.1) is 11.2 Å². The average Bonchev–Trinajstić information content (AvgIpc) is 3.12. The van der Waals surface area contributed by atoms with Crippen LogP contribution in [0.5, 0.6) is 0 Å². The number of rotatable bonds is 7. The molecule has 0 fully saturated rings. The summed E-state index contributed by atoms with van der Waals surface area (Å²) in [5, 5.41) is 19.3. The molecule has 0 saturated carbocycles. The second-order valence-electron chi connectivity index (χ2n) is 6.28. The molecule has 148 valence electrons. The Morgan fingerprint density at radius 2 is 2.04 bits per heavy atom. The molecule has 0 amide bonds. The molecule has 1 aromatic carbocycles. The average molecular weight is 405 g/mol. The maximum atomic E-state index is 13.4. The number of pyridine rings is 1. The minimum Gasteiger partial charge on any atom is -0.340 e. The molecule has 0 spiro atoms. The molecule has 0 aliphatic heterocycles. The Bertz CT molecular complexity index is 988. The summed E-state index contributed by atoms with van der Waals surface area (Å²) in [4.78, 5) is 14.2. The van der Waals surface area contributed by atoms with Gasteiger partial charge in [0.15, 0.2) is 11.5 Å². The van der Waals surface area contributed by atoms with Crippen LogP contribution < -0.4 is 5.06 Å². The van der Waals surface area contributed by atoms with Gasteiger partial charge in [-0.25, -0.2) is 19.4 Å². The number of hydrogen-bond donors (Lipinski definition) is 3. The van der Waals surface area contributed by atoms with Crippen molar-refractivity contribution in [2.75, 3.05) is 24.7 Å². The molecule has 0 unspecified atom stereocenters. The summed E-state index contributed by atoms with van der Waals surface area (Å²) < 4.78 is 13.4. The highest BCUT2D eigenvalue weighted by Crippen LogP contribution is 2.24. The number of hydrogen-bond acceptors (Lipinski definition) is 5. The highest BCUT2D eigenvalue weighted by Gasteiger charge is 2.18. The van der Waals surface area contributed by atoms with Crippen molar-refractivity contribution in [1.82, 2.24) is 19.9 Å². The molecule has 9 heteroatoms. The first-order chi connectivity index (χ1) is 13.4. The van der Waals surface area contributed by atoms with Crippen LogP contribution in [0.1, 0.15) is 25.2 Å². The number of halogens is 2. The molecule has 0 saturated heterocycles. The summed E-state index contributed by atoms with van der Waals surface area (Å²) in [6.07, 6.45) is 2.26. The van der Waals surface area contributed by atoms with E-state index in [9.17, 15) is 9.60 Å². The number of anilines is 1. The van der Waals surface area contributed by atoms with Crippen molar-refractivity contribution in [3.05, 3.63) is 52.7 Å². The lowest BCUT2D eigenvalue weighted by Gasteiger charge is -2.18. The quantitative estimate of drug-likeness (QED) is 0.316. The van der Waals surface area contributed by atoms with Crippen molar-refractivity contribution in [3.63, 3.8) is 0 Å². The summed E-state index contributed by atoms with van der Waals surface area (Å²) in [6, 6.07) is 5.35. The number of fused-ring (bicyclic) bond motifs is 1. The fourth-order valence-corrected chi connectivity index (χ4v) is 3.11. The molecule has 0 aliphatic carbocycles. The molecule has 0 aliphatic rings. The van der Waals surface area contributed by atoms with E-state index in [4.69, 9.17) is 17.0 Å². The van der Waals surface area contributed by atoms with Crippen LogP contribution in [0.15, 0.2) is 30.5 Å². The summed E-state index contributed by atoms with van der Waals surface area (Å²) in [5.74, 6) is -0.0268. The number of nitrogens with one attached hydrogen (secondary N) is 2. The van der Waals surface area contributed by atoms with Gasteiger partial charge in [-0.2, -0.15) is 0 Å². The molecule has 28 heavy (non-hydrogen) atoms. The number of likely N-dealkylation sites (N-methyl/N-ethyl adjacent to an activating group) is 1. The van der Waals surface area contributed by atoms with E-state index in [0.29, 0.717) is 21.8 Å². The summed E-state index contributed by atoms with van der Waals surface area (Å²) >= 11 is 5.78. The third-order valence-corrected chi connectivity index (χ3v) is 4.90. The van der Waals surface area contributed by atoms with Crippen molar-refractivity contribution in [2.24, 2.45) is 0 Å². The SMILES string of the molecule is CCN(CC)CCc1nc2nccc(C(=N)N(O)c3ccc(F)c(Cl)c3)c2[nH]1. The normalized spacial score (nSPS) is 11.4. The fraction of sp³-hybridized carbons (Fsp3) is 0.316. The van der Waals surface area contributed by atoms with E-state index in [1.54, 1.807) is 6.07 Å². The third kappa shape index (κ3) is 4.14. The lowest BCUT2D eigenvalue weighted by atomic mass is 10.2. The van der Waals surface area contributed by atoms with Gasteiger partial charge in [0.1, 0.15) is 11.6 Å². The zero-order chi connectivity index (χ0) is 20.3. The Morgan fingerprint density at radius 3 is 2.71 bits per heavy atom. The zero-order valence-electron chi connectivity index (χ0n) is 15.7. The monoisotopic (exact) mass is 404 g/mol. The Kier molecular flexibility index (Phi) is 6.23. The van der Waals surface area contributed by atoms with Crippen LogP contribution >= 0.6 is 11.6 Å². The second kappa shape index (κ2) is 8.64. The predicted octanol–water partition coefficient (Wildman–Crippen LogP) is 3.86. The topological polar surface area (TPSA) is 92.1 Å². The molecular formula is C19H22ClFN6O. The predicted molar refractivity (Wildman–Crippen MR) is 108 cm³/mol. The first-order valence-corrected chi connectivity index (χ1v) is 9.41. The molecule has 0 bridgehead atoms. The molecule has 3 aromatic rings. The van der Waals surface area contributed by atoms with Crippen LogP contribution in [-0.2, 0) is 6.42 Å². The highest BCUT2D eigenvalue weighted by atomic mass is 35.5. The van der Waals surface area contributed by atoms with E-state index in [-0.39, 0.29) is 16.5 Å². The minimum absolute atomic E-state index is 0.135. The number of aromatic nitrogens is 3. The summed E-state index contributed by atoms with van der Waals surface area (Å²) in [7, 11) is 0. The number of imidazole rings is 1. The highest BCUT2D eigenvalue weighted by molar-refractivity contribution is 6.31. The van der Waals surface area contributed by atoms with E-state index >= 15 is 0 Å². The van der Waals surface area contributed by atoms with Gasteiger partial charge in [0.05, 0.1) is 16.2 Å². The molecule has 7 nitrogen and oxygen atoms in total. The number of aromatic amines is 1. The first kappa shape index (κ1) is 20.2. The summed E-state index contributed by atoms with van der Waals surface area (Å²) in [5.41, 5.74) is 1.65. The number of hydroxylamine groups is 1. The lowest BCUT2D eigenvalue weighted by molar-refractivity contribution is 0.306. The number of benzene rings is 1. The Balaban J connectivity index is 1.87.